The Balaban J connectivity index is 1.94. The van der Waals surface area contributed by atoms with Crippen LogP contribution in [0.3, 0.4) is 0 Å². The molecular weight excluding hydrogens is 222 g/mol. The smallest absolute Gasteiger partial charge is 0.251 e. The minimum atomic E-state index is -0.0445. The number of hydrogen-bond donors (Lipinski definition) is 2. The summed E-state index contributed by atoms with van der Waals surface area (Å²) >= 11 is 1.94. The zero-order chi connectivity index (χ0) is 11.4. The van der Waals surface area contributed by atoms with Crippen LogP contribution in [0.25, 0.3) is 0 Å². The molecule has 0 spiro atoms. The van der Waals surface area contributed by atoms with Gasteiger partial charge in [-0.1, -0.05) is 0 Å². The quantitative estimate of drug-likeness (QED) is 0.827. The van der Waals surface area contributed by atoms with Gasteiger partial charge in [0.25, 0.3) is 5.91 Å². The van der Waals surface area contributed by atoms with E-state index in [2.05, 4.69) is 5.32 Å². The molecule has 2 N–H and O–H groups in total. The van der Waals surface area contributed by atoms with E-state index >= 15 is 0 Å². The van der Waals surface area contributed by atoms with Crippen molar-refractivity contribution in [1.82, 2.24) is 5.32 Å². The van der Waals surface area contributed by atoms with E-state index < -0.39 is 0 Å². The first-order valence-corrected chi connectivity index (χ1v) is 6.59. The summed E-state index contributed by atoms with van der Waals surface area (Å²) in [5.41, 5.74) is 0.607. The van der Waals surface area contributed by atoms with Crippen LogP contribution in [0, 0.1) is 0 Å². The second kappa shape index (κ2) is 5.25. The summed E-state index contributed by atoms with van der Waals surface area (Å²) in [5, 5.41) is 12.1. The third-order valence-electron chi connectivity index (χ3n) is 2.69. The van der Waals surface area contributed by atoms with Crippen molar-refractivity contribution in [1.29, 1.82) is 0 Å². The molecule has 1 aromatic rings. The summed E-state index contributed by atoms with van der Waals surface area (Å²) in [4.78, 5) is 11.8. The molecular formula is C12H15NO2S. The Morgan fingerprint density at radius 1 is 1.25 bits per heavy atom. The Labute approximate surface area is 99.2 Å². The van der Waals surface area contributed by atoms with Crippen molar-refractivity contribution in [2.24, 2.45) is 0 Å². The van der Waals surface area contributed by atoms with Crippen LogP contribution in [0.1, 0.15) is 23.2 Å². The van der Waals surface area contributed by atoms with E-state index in [1.54, 1.807) is 12.1 Å². The van der Waals surface area contributed by atoms with E-state index in [9.17, 15) is 4.79 Å². The predicted molar refractivity (Wildman–Crippen MR) is 65.9 cm³/mol. The second-order valence-corrected chi connectivity index (χ2v) is 5.13. The van der Waals surface area contributed by atoms with Gasteiger partial charge in [0.2, 0.25) is 0 Å². The van der Waals surface area contributed by atoms with Crippen LogP contribution < -0.4 is 5.32 Å². The maximum absolute atomic E-state index is 11.8. The summed E-state index contributed by atoms with van der Waals surface area (Å²) in [6, 6.07) is 6.66. The number of aromatic hydroxyl groups is 1. The summed E-state index contributed by atoms with van der Waals surface area (Å²) in [5.74, 6) is 2.39. The molecule has 0 atom stereocenters. The van der Waals surface area contributed by atoms with Gasteiger partial charge in [-0.05, 0) is 48.6 Å². The Hall–Kier alpha value is -1.16. The SMILES string of the molecule is O=C(NC1CCSCC1)c1ccc(O)cc1. The van der Waals surface area contributed by atoms with Crippen molar-refractivity contribution >= 4 is 17.7 Å². The summed E-state index contributed by atoms with van der Waals surface area (Å²) < 4.78 is 0. The van der Waals surface area contributed by atoms with Crippen molar-refractivity contribution in [2.75, 3.05) is 11.5 Å². The molecule has 1 saturated heterocycles. The second-order valence-electron chi connectivity index (χ2n) is 3.91. The first-order chi connectivity index (χ1) is 7.75. The lowest BCUT2D eigenvalue weighted by molar-refractivity contribution is 0.0935. The van der Waals surface area contributed by atoms with Gasteiger partial charge in [0.15, 0.2) is 0 Å². The van der Waals surface area contributed by atoms with Gasteiger partial charge >= 0.3 is 0 Å². The van der Waals surface area contributed by atoms with Crippen molar-refractivity contribution < 1.29 is 9.90 Å². The Morgan fingerprint density at radius 3 is 2.50 bits per heavy atom. The largest absolute Gasteiger partial charge is 0.508 e. The fourth-order valence-electron chi connectivity index (χ4n) is 1.72. The number of nitrogens with one attached hydrogen (secondary N) is 1. The van der Waals surface area contributed by atoms with E-state index in [-0.39, 0.29) is 11.7 Å². The van der Waals surface area contributed by atoms with Gasteiger partial charge in [-0.3, -0.25) is 4.79 Å². The van der Waals surface area contributed by atoms with E-state index in [1.807, 2.05) is 11.8 Å². The third-order valence-corrected chi connectivity index (χ3v) is 3.73. The fourth-order valence-corrected chi connectivity index (χ4v) is 2.83. The molecule has 0 unspecified atom stereocenters. The minimum absolute atomic E-state index is 0.0445. The monoisotopic (exact) mass is 237 g/mol. The zero-order valence-electron chi connectivity index (χ0n) is 8.98. The average Bonchev–Trinajstić information content (AvgIpc) is 2.31. The average molecular weight is 237 g/mol. The minimum Gasteiger partial charge on any atom is -0.508 e. The highest BCUT2D eigenvalue weighted by molar-refractivity contribution is 7.99. The molecule has 0 aliphatic carbocycles. The van der Waals surface area contributed by atoms with Crippen molar-refractivity contribution in [2.45, 2.75) is 18.9 Å². The fraction of sp³-hybridized carbons (Fsp3) is 0.417. The lowest BCUT2D eigenvalue weighted by Gasteiger charge is -2.22. The molecule has 1 aliphatic rings. The lowest BCUT2D eigenvalue weighted by Crippen LogP contribution is -2.37. The van der Waals surface area contributed by atoms with Gasteiger partial charge in [0, 0.05) is 11.6 Å². The molecule has 3 nitrogen and oxygen atoms in total. The molecule has 0 radical (unpaired) electrons. The Kier molecular flexibility index (Phi) is 3.72. The van der Waals surface area contributed by atoms with E-state index in [0.717, 1.165) is 24.3 Å². The highest BCUT2D eigenvalue weighted by Crippen LogP contribution is 2.17. The van der Waals surface area contributed by atoms with E-state index in [1.165, 1.54) is 12.1 Å². The first kappa shape index (κ1) is 11.3. The molecule has 1 heterocycles. The number of benzene rings is 1. The number of carbonyl (C=O) groups is 1. The molecule has 1 aliphatic heterocycles. The lowest BCUT2D eigenvalue weighted by atomic mass is 10.1. The molecule has 0 aromatic heterocycles. The van der Waals surface area contributed by atoms with Crippen LogP contribution in [-0.2, 0) is 0 Å². The molecule has 1 aromatic carbocycles. The highest BCUT2D eigenvalue weighted by atomic mass is 32.2. The van der Waals surface area contributed by atoms with Gasteiger partial charge in [-0.2, -0.15) is 11.8 Å². The molecule has 2 rings (SSSR count). The van der Waals surface area contributed by atoms with Crippen LogP contribution >= 0.6 is 11.8 Å². The number of thioether (sulfide) groups is 1. The van der Waals surface area contributed by atoms with Gasteiger partial charge in [0.1, 0.15) is 5.75 Å². The van der Waals surface area contributed by atoms with Crippen molar-refractivity contribution in [3.63, 3.8) is 0 Å². The van der Waals surface area contributed by atoms with Gasteiger partial charge in [-0.25, -0.2) is 0 Å². The molecule has 4 heteroatoms. The van der Waals surface area contributed by atoms with Gasteiger partial charge in [-0.15, -0.1) is 0 Å². The molecule has 16 heavy (non-hydrogen) atoms. The third kappa shape index (κ3) is 2.92. The summed E-state index contributed by atoms with van der Waals surface area (Å²) in [6.45, 7) is 0. The van der Waals surface area contributed by atoms with Crippen LogP contribution in [0.15, 0.2) is 24.3 Å². The Morgan fingerprint density at radius 2 is 1.88 bits per heavy atom. The van der Waals surface area contributed by atoms with E-state index in [0.29, 0.717) is 11.6 Å². The molecule has 1 fully saturated rings. The van der Waals surface area contributed by atoms with Crippen LogP contribution in [0.4, 0.5) is 0 Å². The molecule has 0 bridgehead atoms. The highest BCUT2D eigenvalue weighted by Gasteiger charge is 2.16. The van der Waals surface area contributed by atoms with Gasteiger partial charge < -0.3 is 10.4 Å². The number of hydrogen-bond acceptors (Lipinski definition) is 3. The van der Waals surface area contributed by atoms with Gasteiger partial charge in [0.05, 0.1) is 0 Å². The molecule has 1 amide bonds. The number of rotatable bonds is 2. The normalized spacial score (nSPS) is 17.0. The van der Waals surface area contributed by atoms with Crippen molar-refractivity contribution in [3.05, 3.63) is 29.8 Å². The number of phenols is 1. The first-order valence-electron chi connectivity index (χ1n) is 5.43. The number of phenolic OH excluding ortho intramolecular Hbond substituents is 1. The maximum Gasteiger partial charge on any atom is 0.251 e. The standard InChI is InChI=1S/C12H15NO2S/c14-11-3-1-9(2-4-11)12(15)13-10-5-7-16-8-6-10/h1-4,10,14H,5-8H2,(H,13,15). The number of amides is 1. The summed E-state index contributed by atoms with van der Waals surface area (Å²) in [7, 11) is 0. The van der Waals surface area contributed by atoms with E-state index in [4.69, 9.17) is 5.11 Å². The number of carbonyl (C=O) groups excluding carboxylic acids is 1. The van der Waals surface area contributed by atoms with Crippen LogP contribution in [0.5, 0.6) is 5.75 Å². The Bertz CT molecular complexity index is 358. The zero-order valence-corrected chi connectivity index (χ0v) is 9.80. The van der Waals surface area contributed by atoms with Crippen LogP contribution in [0.2, 0.25) is 0 Å². The molecule has 0 saturated carbocycles. The maximum atomic E-state index is 11.8. The molecule has 86 valence electrons. The predicted octanol–water partition coefficient (Wildman–Crippen LogP) is 2.02. The topological polar surface area (TPSA) is 49.3 Å². The van der Waals surface area contributed by atoms with Crippen LogP contribution in [-0.4, -0.2) is 28.6 Å². The summed E-state index contributed by atoms with van der Waals surface area (Å²) in [6.07, 6.45) is 2.10. The van der Waals surface area contributed by atoms with Crippen molar-refractivity contribution in [3.8, 4) is 5.75 Å².